The van der Waals surface area contributed by atoms with Gasteiger partial charge in [-0.2, -0.15) is 5.26 Å². The number of Topliss-reactive ketones (excluding diaryl/α,β-unsaturated/α-hetero) is 1. The van der Waals surface area contributed by atoms with Crippen molar-refractivity contribution in [1.82, 2.24) is 4.98 Å². The van der Waals surface area contributed by atoms with Crippen molar-refractivity contribution in [3.8, 4) is 6.07 Å². The maximum atomic E-state index is 11.8. The molecule has 0 fully saturated rings. The van der Waals surface area contributed by atoms with Crippen LogP contribution in [0.25, 0.3) is 17.0 Å². The van der Waals surface area contributed by atoms with E-state index in [0.717, 1.165) is 5.39 Å². The lowest BCUT2D eigenvalue weighted by atomic mass is 9.96. The second-order valence-electron chi connectivity index (χ2n) is 4.11. The van der Waals surface area contributed by atoms with E-state index in [1.807, 2.05) is 0 Å². The molecule has 18 heavy (non-hydrogen) atoms. The van der Waals surface area contributed by atoms with Crippen molar-refractivity contribution in [2.45, 2.75) is 6.10 Å². The van der Waals surface area contributed by atoms with E-state index < -0.39 is 6.10 Å². The van der Waals surface area contributed by atoms with E-state index in [9.17, 15) is 9.90 Å². The molecular formula is C14H8N2O2. The molecule has 0 aliphatic heterocycles. The third-order valence-corrected chi connectivity index (χ3v) is 2.95. The van der Waals surface area contributed by atoms with Gasteiger partial charge in [-0.25, -0.2) is 4.98 Å². The topological polar surface area (TPSA) is 74.0 Å². The summed E-state index contributed by atoms with van der Waals surface area (Å²) >= 11 is 0. The Hall–Kier alpha value is -2.51. The van der Waals surface area contributed by atoms with Crippen LogP contribution in [0.2, 0.25) is 0 Å². The zero-order valence-corrected chi connectivity index (χ0v) is 9.29. The van der Waals surface area contributed by atoms with Crippen molar-refractivity contribution < 1.29 is 9.90 Å². The van der Waals surface area contributed by atoms with Crippen LogP contribution in [-0.4, -0.2) is 22.0 Å². The van der Waals surface area contributed by atoms with E-state index in [2.05, 4.69) is 11.1 Å². The molecule has 0 saturated carbocycles. The van der Waals surface area contributed by atoms with Crippen LogP contribution in [0.3, 0.4) is 0 Å². The van der Waals surface area contributed by atoms with Crippen molar-refractivity contribution in [3.63, 3.8) is 0 Å². The summed E-state index contributed by atoms with van der Waals surface area (Å²) in [4.78, 5) is 16.1. The molecule has 0 radical (unpaired) electrons. The number of aliphatic hydroxyl groups is 1. The average molecular weight is 236 g/mol. The monoisotopic (exact) mass is 236 g/mol. The molecule has 1 aromatic heterocycles. The highest BCUT2D eigenvalue weighted by Gasteiger charge is 2.22. The maximum Gasteiger partial charge on any atom is 0.197 e. The zero-order chi connectivity index (χ0) is 12.7. The minimum absolute atomic E-state index is 0.341. The largest absolute Gasteiger partial charge is 0.381 e. The summed E-state index contributed by atoms with van der Waals surface area (Å²) in [5, 5.41) is 19.1. The number of carbonyl (C=O) groups is 1. The Morgan fingerprint density at radius 1 is 1.33 bits per heavy atom. The average Bonchev–Trinajstić information content (AvgIpc) is 2.41. The first-order valence-electron chi connectivity index (χ1n) is 5.44. The molecule has 1 aliphatic rings. The summed E-state index contributed by atoms with van der Waals surface area (Å²) in [5.74, 6) is -0.341. The number of nitrogens with zero attached hydrogens (tertiary/aromatic N) is 2. The van der Waals surface area contributed by atoms with Crippen LogP contribution in [-0.2, 0) is 0 Å². The lowest BCUT2D eigenvalue weighted by molar-refractivity contribution is 0.0818. The summed E-state index contributed by atoms with van der Waals surface area (Å²) in [7, 11) is 0. The van der Waals surface area contributed by atoms with Gasteiger partial charge in [-0.05, 0) is 30.4 Å². The molecule has 1 heterocycles. The molecule has 86 valence electrons. The molecule has 3 rings (SSSR count). The Morgan fingerprint density at radius 3 is 2.94 bits per heavy atom. The first-order chi connectivity index (χ1) is 8.69. The highest BCUT2D eigenvalue weighted by atomic mass is 16.3. The van der Waals surface area contributed by atoms with E-state index in [4.69, 9.17) is 5.26 Å². The van der Waals surface area contributed by atoms with Gasteiger partial charge < -0.3 is 5.11 Å². The van der Waals surface area contributed by atoms with Crippen LogP contribution in [0.5, 0.6) is 0 Å². The molecule has 2 aromatic rings. The molecule has 1 unspecified atom stereocenters. The lowest BCUT2D eigenvalue weighted by Gasteiger charge is -2.13. The van der Waals surface area contributed by atoms with Gasteiger partial charge in [0.2, 0.25) is 0 Å². The zero-order valence-electron chi connectivity index (χ0n) is 9.29. The Bertz CT molecular complexity index is 741. The van der Waals surface area contributed by atoms with Crippen LogP contribution in [0.4, 0.5) is 0 Å². The third-order valence-electron chi connectivity index (χ3n) is 2.95. The van der Waals surface area contributed by atoms with E-state index in [1.165, 1.54) is 6.08 Å². The van der Waals surface area contributed by atoms with E-state index in [1.54, 1.807) is 30.3 Å². The summed E-state index contributed by atoms with van der Waals surface area (Å²) in [6, 6.07) is 8.86. The summed E-state index contributed by atoms with van der Waals surface area (Å²) < 4.78 is 0. The summed E-state index contributed by atoms with van der Waals surface area (Å²) in [6.45, 7) is 0. The summed E-state index contributed by atoms with van der Waals surface area (Å²) in [6.07, 6.45) is 1.95. The fourth-order valence-electron chi connectivity index (χ4n) is 2.00. The lowest BCUT2D eigenvalue weighted by Crippen LogP contribution is -2.22. The van der Waals surface area contributed by atoms with Crippen LogP contribution < -0.4 is 0 Å². The van der Waals surface area contributed by atoms with Crippen molar-refractivity contribution in [1.29, 1.82) is 5.26 Å². The van der Waals surface area contributed by atoms with Gasteiger partial charge in [-0.1, -0.05) is 6.07 Å². The highest BCUT2D eigenvalue weighted by molar-refractivity contribution is 6.07. The second-order valence-corrected chi connectivity index (χ2v) is 4.11. The number of hydrogen-bond acceptors (Lipinski definition) is 4. The maximum absolute atomic E-state index is 11.8. The molecular weight excluding hydrogens is 228 g/mol. The number of ketones is 1. The smallest absolute Gasteiger partial charge is 0.197 e. The highest BCUT2D eigenvalue weighted by Crippen LogP contribution is 2.23. The number of fused-ring (bicyclic) bond motifs is 2. The number of hydrogen-bond donors (Lipinski definition) is 1. The van der Waals surface area contributed by atoms with Gasteiger partial charge in [0, 0.05) is 10.9 Å². The Kier molecular flexibility index (Phi) is 2.22. The number of benzene rings is 1. The van der Waals surface area contributed by atoms with Crippen LogP contribution in [0.15, 0.2) is 30.3 Å². The molecule has 1 N–H and O–H groups in total. The van der Waals surface area contributed by atoms with Gasteiger partial charge in [0.15, 0.2) is 5.78 Å². The first kappa shape index (κ1) is 10.6. The van der Waals surface area contributed by atoms with Gasteiger partial charge in [0.1, 0.15) is 6.10 Å². The molecule has 1 aliphatic carbocycles. The quantitative estimate of drug-likeness (QED) is 0.755. The van der Waals surface area contributed by atoms with Crippen LogP contribution in [0, 0.1) is 11.3 Å². The SMILES string of the molecule is N#Cc1ccc2cc3c(nc2c1)C=CC(O)C3=O. The number of aliphatic hydroxyl groups excluding tert-OH is 1. The Balaban J connectivity index is 2.29. The fourth-order valence-corrected chi connectivity index (χ4v) is 2.00. The van der Waals surface area contributed by atoms with Crippen molar-refractivity contribution in [2.24, 2.45) is 0 Å². The number of nitriles is 1. The number of carbonyl (C=O) groups excluding carboxylic acids is 1. The Morgan fingerprint density at radius 2 is 2.17 bits per heavy atom. The van der Waals surface area contributed by atoms with Gasteiger partial charge in [-0.3, -0.25) is 4.79 Å². The molecule has 0 amide bonds. The molecule has 4 nitrogen and oxygen atoms in total. The van der Waals surface area contributed by atoms with Crippen molar-refractivity contribution in [2.75, 3.05) is 0 Å². The van der Waals surface area contributed by atoms with Crippen LogP contribution in [0.1, 0.15) is 21.6 Å². The predicted octanol–water partition coefficient (Wildman–Crippen LogP) is 1.68. The standard InChI is InChI=1S/C14H8N2O2/c15-7-8-1-2-9-6-10-11(16-12(9)5-8)3-4-13(17)14(10)18/h1-6,13,17H. The van der Waals surface area contributed by atoms with Crippen LogP contribution >= 0.6 is 0 Å². The first-order valence-corrected chi connectivity index (χ1v) is 5.44. The van der Waals surface area contributed by atoms with E-state index >= 15 is 0 Å². The number of aromatic nitrogens is 1. The predicted molar refractivity (Wildman–Crippen MR) is 65.8 cm³/mol. The minimum Gasteiger partial charge on any atom is -0.381 e. The normalized spacial score (nSPS) is 17.6. The summed E-state index contributed by atoms with van der Waals surface area (Å²) in [5.41, 5.74) is 2.15. The van der Waals surface area contributed by atoms with Crippen molar-refractivity contribution >= 4 is 22.8 Å². The minimum atomic E-state index is -1.09. The van der Waals surface area contributed by atoms with Crippen molar-refractivity contribution in [3.05, 3.63) is 47.2 Å². The van der Waals surface area contributed by atoms with E-state index in [0.29, 0.717) is 22.3 Å². The molecule has 0 saturated heterocycles. The second kappa shape index (κ2) is 3.76. The van der Waals surface area contributed by atoms with E-state index in [-0.39, 0.29) is 5.78 Å². The van der Waals surface area contributed by atoms with Gasteiger partial charge in [-0.15, -0.1) is 0 Å². The molecule has 1 atom stereocenters. The molecule has 0 bridgehead atoms. The third kappa shape index (κ3) is 1.50. The van der Waals surface area contributed by atoms with Gasteiger partial charge >= 0.3 is 0 Å². The number of rotatable bonds is 0. The van der Waals surface area contributed by atoms with Gasteiger partial charge in [0.25, 0.3) is 0 Å². The fraction of sp³-hybridized carbons (Fsp3) is 0.0714. The number of pyridine rings is 1. The molecule has 4 heteroatoms. The molecule has 1 aromatic carbocycles. The van der Waals surface area contributed by atoms with Gasteiger partial charge in [0.05, 0.1) is 22.8 Å². The Labute approximate surface area is 103 Å². The molecule has 0 spiro atoms.